The zero-order chi connectivity index (χ0) is 44.9. The minimum absolute atomic E-state index is 0.0453. The molecule has 4 aliphatic rings. The molecule has 7 heterocycles. The van der Waals surface area contributed by atoms with E-state index >= 15 is 0 Å². The number of imide groups is 2. The molecule has 5 aromatic rings. The van der Waals surface area contributed by atoms with Crippen molar-refractivity contribution in [1.29, 1.82) is 0 Å². The monoisotopic (exact) mass is 887 g/mol. The Hall–Kier alpha value is -6.83. The zero-order valence-electron chi connectivity index (χ0n) is 35.8. The SMILES string of the molecule is O=C(CN1CCN(c2cccc(-c3cnc4ccc(N5CCC[C@@H]5c5cccc(F)c5)nn34)n2)CC1)NCCOCCOCCNc1cccc2c1C(=O)N(C1CCC(=O)NC1=O)C2=O. The van der Waals surface area contributed by atoms with Crippen LogP contribution in [0.1, 0.15) is 58.0 Å². The van der Waals surface area contributed by atoms with Gasteiger partial charge in [0.05, 0.1) is 62.0 Å². The summed E-state index contributed by atoms with van der Waals surface area (Å²) in [5, 5.41) is 13.3. The standard InChI is InChI=1S/C46H50FN11O7/c47-31-6-1-5-30(27-31)35-10-4-18-56(35)40-14-13-38-50-28-37(58(38)53-40)33-8-3-11-39(51-33)55-21-19-54(20-22-55)29-42(60)49-17-24-65-26-25-64-23-16-48-34-9-2-7-32-43(34)46(63)57(45(32)62)36-12-15-41(59)52-44(36)61/h1-3,5-9,11,13-14,27-28,35-36,48H,4,10,12,15-26,29H2,(H,49,60)(H,52,59,61)/t35-,36?/m1/s1. The third-order valence-electron chi connectivity index (χ3n) is 12.2. The van der Waals surface area contributed by atoms with E-state index in [9.17, 15) is 28.4 Å². The Kier molecular flexibility index (Phi) is 13.0. The molecule has 2 aromatic carbocycles. The number of amides is 5. The van der Waals surface area contributed by atoms with Gasteiger partial charge in [0.25, 0.3) is 11.8 Å². The van der Waals surface area contributed by atoms with Gasteiger partial charge in [0.15, 0.2) is 5.65 Å². The summed E-state index contributed by atoms with van der Waals surface area (Å²) < 4.78 is 27.2. The topological polar surface area (TPSA) is 196 Å². The molecule has 5 amide bonds. The Morgan fingerprint density at radius 3 is 2.43 bits per heavy atom. The van der Waals surface area contributed by atoms with Crippen molar-refractivity contribution in [2.45, 2.75) is 37.8 Å². The van der Waals surface area contributed by atoms with Gasteiger partial charge in [0.2, 0.25) is 17.7 Å². The van der Waals surface area contributed by atoms with Gasteiger partial charge in [0.1, 0.15) is 29.2 Å². The normalized spacial score (nSPS) is 19.0. The number of nitrogens with one attached hydrogen (secondary N) is 3. The molecule has 338 valence electrons. The fourth-order valence-electron chi connectivity index (χ4n) is 8.93. The molecule has 0 radical (unpaired) electrons. The van der Waals surface area contributed by atoms with Crippen LogP contribution in [-0.4, -0.2) is 144 Å². The molecular formula is C46H50FN11O7. The Morgan fingerprint density at radius 1 is 0.815 bits per heavy atom. The van der Waals surface area contributed by atoms with Crippen LogP contribution in [-0.2, 0) is 23.9 Å². The van der Waals surface area contributed by atoms with Crippen molar-refractivity contribution in [3.05, 3.63) is 102 Å². The first-order chi connectivity index (χ1) is 31.7. The Labute approximate surface area is 374 Å². The molecule has 0 spiro atoms. The van der Waals surface area contributed by atoms with Gasteiger partial charge >= 0.3 is 0 Å². The van der Waals surface area contributed by atoms with Crippen molar-refractivity contribution in [2.24, 2.45) is 0 Å². The van der Waals surface area contributed by atoms with Crippen LogP contribution in [0, 0.1) is 5.82 Å². The van der Waals surface area contributed by atoms with Crippen LogP contribution in [0.25, 0.3) is 17.0 Å². The number of benzene rings is 2. The van der Waals surface area contributed by atoms with Gasteiger partial charge in [-0.3, -0.25) is 39.1 Å². The lowest BCUT2D eigenvalue weighted by molar-refractivity contribution is -0.136. The van der Waals surface area contributed by atoms with E-state index in [1.54, 1.807) is 36.5 Å². The number of piperazine rings is 1. The van der Waals surface area contributed by atoms with Gasteiger partial charge in [-0.25, -0.2) is 18.9 Å². The smallest absolute Gasteiger partial charge is 0.264 e. The fraction of sp³-hybridized carbons (Fsp3) is 0.391. The third-order valence-corrected chi connectivity index (χ3v) is 12.2. The number of rotatable bonds is 17. The highest BCUT2D eigenvalue weighted by atomic mass is 19.1. The average molecular weight is 888 g/mol. The summed E-state index contributed by atoms with van der Waals surface area (Å²) in [4.78, 5) is 80.2. The highest BCUT2D eigenvalue weighted by molar-refractivity contribution is 6.25. The molecule has 3 saturated heterocycles. The summed E-state index contributed by atoms with van der Waals surface area (Å²) in [7, 11) is 0. The average Bonchev–Trinajstić information content (AvgIpc) is 4.04. The van der Waals surface area contributed by atoms with Gasteiger partial charge in [-0.1, -0.05) is 24.3 Å². The van der Waals surface area contributed by atoms with Crippen LogP contribution >= 0.6 is 0 Å². The van der Waals surface area contributed by atoms with E-state index in [-0.39, 0.29) is 48.3 Å². The van der Waals surface area contributed by atoms with Crippen LogP contribution in [0.3, 0.4) is 0 Å². The van der Waals surface area contributed by atoms with E-state index in [0.29, 0.717) is 77.0 Å². The number of nitrogens with zero attached hydrogens (tertiary/aromatic N) is 8. The number of anilines is 3. The maximum Gasteiger partial charge on any atom is 0.264 e. The minimum atomic E-state index is -1.03. The second-order valence-electron chi connectivity index (χ2n) is 16.3. The van der Waals surface area contributed by atoms with Crippen LogP contribution in [0.15, 0.2) is 79.0 Å². The van der Waals surface area contributed by atoms with Crippen molar-refractivity contribution < 1.29 is 37.8 Å². The molecule has 9 rings (SSSR count). The lowest BCUT2D eigenvalue weighted by Gasteiger charge is -2.35. The molecule has 3 aromatic heterocycles. The summed E-state index contributed by atoms with van der Waals surface area (Å²) in [6.07, 6.45) is 3.85. The molecule has 65 heavy (non-hydrogen) atoms. The predicted octanol–water partition coefficient (Wildman–Crippen LogP) is 3.06. The van der Waals surface area contributed by atoms with Gasteiger partial charge < -0.3 is 29.9 Å². The second-order valence-corrected chi connectivity index (χ2v) is 16.3. The summed E-state index contributed by atoms with van der Waals surface area (Å²) in [5.74, 6) is -0.884. The van der Waals surface area contributed by atoms with Gasteiger partial charge in [-0.2, -0.15) is 0 Å². The molecular weight excluding hydrogens is 838 g/mol. The third kappa shape index (κ3) is 9.52. The Morgan fingerprint density at radius 2 is 1.62 bits per heavy atom. The largest absolute Gasteiger partial charge is 0.382 e. The zero-order valence-corrected chi connectivity index (χ0v) is 35.8. The molecule has 4 aliphatic heterocycles. The first-order valence-corrected chi connectivity index (χ1v) is 22.0. The molecule has 0 saturated carbocycles. The maximum absolute atomic E-state index is 14.1. The van der Waals surface area contributed by atoms with Crippen molar-refractivity contribution in [1.82, 2.24) is 40.0 Å². The number of carbonyl (C=O) groups is 5. The Bertz CT molecular complexity index is 2600. The number of carbonyl (C=O) groups excluding carboxylic acids is 5. The second kappa shape index (κ2) is 19.5. The lowest BCUT2D eigenvalue weighted by atomic mass is 10.0. The van der Waals surface area contributed by atoms with Gasteiger partial charge in [0, 0.05) is 57.9 Å². The molecule has 3 fully saturated rings. The first-order valence-electron chi connectivity index (χ1n) is 22.0. The highest BCUT2D eigenvalue weighted by Gasteiger charge is 2.45. The first kappa shape index (κ1) is 43.4. The molecule has 19 heteroatoms. The van der Waals surface area contributed by atoms with E-state index in [1.165, 1.54) is 6.07 Å². The van der Waals surface area contributed by atoms with Crippen LogP contribution in [0.5, 0.6) is 0 Å². The molecule has 3 N–H and O–H groups in total. The number of aromatic nitrogens is 4. The summed E-state index contributed by atoms with van der Waals surface area (Å²) in [6.45, 7) is 5.93. The molecule has 0 aliphatic carbocycles. The van der Waals surface area contributed by atoms with E-state index in [2.05, 4.69) is 35.6 Å². The van der Waals surface area contributed by atoms with Crippen LogP contribution < -0.4 is 25.8 Å². The van der Waals surface area contributed by atoms with Crippen molar-refractivity contribution >= 4 is 52.5 Å². The minimum Gasteiger partial charge on any atom is -0.382 e. The van der Waals surface area contributed by atoms with E-state index in [0.717, 1.165) is 52.9 Å². The van der Waals surface area contributed by atoms with E-state index in [4.69, 9.17) is 19.6 Å². The lowest BCUT2D eigenvalue weighted by Crippen LogP contribution is -2.54. The molecule has 0 bridgehead atoms. The number of ether oxygens (including phenoxy) is 2. The van der Waals surface area contributed by atoms with Crippen molar-refractivity contribution in [2.75, 3.05) is 93.9 Å². The number of hydrogen-bond donors (Lipinski definition) is 3. The fourth-order valence-corrected chi connectivity index (χ4v) is 8.93. The Balaban J connectivity index is 0.668. The van der Waals surface area contributed by atoms with E-state index < -0.39 is 29.7 Å². The highest BCUT2D eigenvalue weighted by Crippen LogP contribution is 2.36. The number of imidazole rings is 1. The van der Waals surface area contributed by atoms with Crippen LogP contribution in [0.2, 0.25) is 0 Å². The maximum atomic E-state index is 14.1. The van der Waals surface area contributed by atoms with Crippen molar-refractivity contribution in [3.63, 3.8) is 0 Å². The quantitative estimate of drug-likeness (QED) is 0.0911. The number of hydrogen-bond acceptors (Lipinski definition) is 14. The van der Waals surface area contributed by atoms with Gasteiger partial charge in [-0.05, 0) is 73.4 Å². The summed E-state index contributed by atoms with van der Waals surface area (Å²) in [6, 6.07) is 20.6. The summed E-state index contributed by atoms with van der Waals surface area (Å²) in [5.41, 5.74) is 4.04. The number of pyridine rings is 1. The summed E-state index contributed by atoms with van der Waals surface area (Å²) >= 11 is 0. The van der Waals surface area contributed by atoms with Crippen molar-refractivity contribution in [3.8, 4) is 11.4 Å². The molecule has 18 nitrogen and oxygen atoms in total. The number of halogens is 1. The molecule has 2 atom stereocenters. The predicted molar refractivity (Wildman–Crippen MR) is 237 cm³/mol. The number of fused-ring (bicyclic) bond motifs is 2. The van der Waals surface area contributed by atoms with Gasteiger partial charge in [-0.15, -0.1) is 5.10 Å². The molecule has 1 unspecified atom stereocenters. The van der Waals surface area contributed by atoms with Crippen LogP contribution in [0.4, 0.5) is 21.7 Å². The number of piperidine rings is 1. The van der Waals surface area contributed by atoms with E-state index in [1.807, 2.05) is 40.9 Å².